The molecule has 0 spiro atoms. The van der Waals surface area contributed by atoms with Crippen LogP contribution in [0.25, 0.3) is 23.0 Å². The molecule has 0 N–H and O–H groups in total. The first-order chi connectivity index (χ1) is 19.8. The van der Waals surface area contributed by atoms with E-state index in [1.165, 1.54) is 22.7 Å². The summed E-state index contributed by atoms with van der Waals surface area (Å²) in [6.07, 6.45) is 3.98. The highest BCUT2D eigenvalue weighted by molar-refractivity contribution is 8.26. The third-order valence-corrected chi connectivity index (χ3v) is 10.0. The molecule has 6 rings (SSSR count). The van der Waals surface area contributed by atoms with Crippen molar-refractivity contribution >= 4 is 50.1 Å². The number of carbonyl (C=O) groups is 1. The lowest BCUT2D eigenvalue weighted by atomic mass is 10.1. The number of benzene rings is 3. The van der Waals surface area contributed by atoms with Crippen molar-refractivity contribution in [3.63, 3.8) is 0 Å². The van der Waals surface area contributed by atoms with Crippen LogP contribution >= 0.6 is 24.0 Å². The van der Waals surface area contributed by atoms with Crippen LogP contribution in [0.15, 0.2) is 90.0 Å². The molecule has 3 heterocycles. The number of thiocarbonyl (C=S) groups is 1. The van der Waals surface area contributed by atoms with Gasteiger partial charge in [-0.1, -0.05) is 60.4 Å². The Morgan fingerprint density at radius 1 is 1.05 bits per heavy atom. The number of sulfone groups is 1. The lowest BCUT2D eigenvalue weighted by molar-refractivity contribution is -0.123. The molecule has 1 amide bonds. The number of carbonyl (C=O) groups excluding carboxylic acids is 1. The molecule has 41 heavy (non-hydrogen) atoms. The minimum Gasteiger partial charge on any atom is -0.489 e. The van der Waals surface area contributed by atoms with Crippen LogP contribution in [0.4, 0.5) is 4.39 Å². The number of amides is 1. The van der Waals surface area contributed by atoms with Crippen LogP contribution in [0.2, 0.25) is 0 Å². The van der Waals surface area contributed by atoms with Crippen molar-refractivity contribution in [3.8, 4) is 22.7 Å². The molecular formula is C30H24FN3O4S3. The summed E-state index contributed by atoms with van der Waals surface area (Å²) in [6.45, 7) is 0.101. The number of para-hydroxylation sites is 1. The van der Waals surface area contributed by atoms with Crippen molar-refractivity contribution in [3.05, 3.63) is 107 Å². The molecule has 1 aromatic heterocycles. The third-order valence-electron chi connectivity index (χ3n) is 6.93. The van der Waals surface area contributed by atoms with Crippen LogP contribution in [0.3, 0.4) is 0 Å². The van der Waals surface area contributed by atoms with E-state index in [4.69, 9.17) is 22.1 Å². The van der Waals surface area contributed by atoms with E-state index >= 15 is 0 Å². The summed E-state index contributed by atoms with van der Waals surface area (Å²) in [5.41, 5.74) is 3.45. The molecule has 3 aromatic carbocycles. The quantitative estimate of drug-likeness (QED) is 0.199. The number of halogens is 1. The van der Waals surface area contributed by atoms with Crippen molar-refractivity contribution in [1.82, 2.24) is 14.7 Å². The maximum absolute atomic E-state index is 14.0. The molecule has 0 radical (unpaired) electrons. The standard InChI is InChI=1S/C30H24FN3O4S3/c31-26-9-5-4-6-21(26)18-38-25-12-10-20(11-13-25)28-22(17-33(32-28)23-7-2-1-3-8-23)16-27-29(35)34(30(39)40-27)24-14-15-41(36,37)19-24/h1-13,16-17,24H,14-15,18-19H2. The molecule has 0 aliphatic carbocycles. The summed E-state index contributed by atoms with van der Waals surface area (Å²) in [5.74, 6) is -0.0529. The molecule has 2 aliphatic heterocycles. The van der Waals surface area contributed by atoms with Crippen molar-refractivity contribution in [2.24, 2.45) is 0 Å². The summed E-state index contributed by atoms with van der Waals surface area (Å²) in [6, 6.07) is 23.0. The first-order valence-electron chi connectivity index (χ1n) is 12.9. The van der Waals surface area contributed by atoms with Gasteiger partial charge in [-0.2, -0.15) is 5.10 Å². The average Bonchev–Trinajstić information content (AvgIpc) is 3.63. The zero-order chi connectivity index (χ0) is 28.6. The fourth-order valence-corrected chi connectivity index (χ4v) is 7.92. The molecule has 208 valence electrons. The van der Waals surface area contributed by atoms with Crippen LogP contribution < -0.4 is 4.74 Å². The summed E-state index contributed by atoms with van der Waals surface area (Å²) in [7, 11) is -3.18. The molecule has 2 fully saturated rings. The molecular weight excluding hydrogens is 582 g/mol. The van der Waals surface area contributed by atoms with Gasteiger partial charge in [-0.25, -0.2) is 17.5 Å². The first kappa shape index (κ1) is 27.4. The summed E-state index contributed by atoms with van der Waals surface area (Å²) < 4.78 is 45.9. The molecule has 0 saturated carbocycles. The van der Waals surface area contributed by atoms with E-state index in [1.54, 1.807) is 41.1 Å². The number of thioether (sulfide) groups is 1. The smallest absolute Gasteiger partial charge is 0.266 e. The number of ether oxygens (including phenoxy) is 1. The highest BCUT2D eigenvalue weighted by Gasteiger charge is 2.42. The normalized spacial score (nSPS) is 19.3. The van der Waals surface area contributed by atoms with Gasteiger partial charge in [0.15, 0.2) is 9.84 Å². The predicted molar refractivity (Wildman–Crippen MR) is 162 cm³/mol. The minimum atomic E-state index is -3.18. The van der Waals surface area contributed by atoms with Gasteiger partial charge in [0.2, 0.25) is 0 Å². The van der Waals surface area contributed by atoms with Gasteiger partial charge in [-0.3, -0.25) is 9.69 Å². The van der Waals surface area contributed by atoms with E-state index in [-0.39, 0.29) is 29.8 Å². The molecule has 2 aliphatic rings. The molecule has 7 nitrogen and oxygen atoms in total. The predicted octanol–water partition coefficient (Wildman–Crippen LogP) is 5.65. The minimum absolute atomic E-state index is 0.0573. The van der Waals surface area contributed by atoms with Crippen LogP contribution in [-0.2, 0) is 21.2 Å². The Kier molecular flexibility index (Phi) is 7.50. The van der Waals surface area contributed by atoms with Gasteiger partial charge < -0.3 is 4.74 Å². The highest BCUT2D eigenvalue weighted by Crippen LogP contribution is 2.38. The highest BCUT2D eigenvalue weighted by atomic mass is 32.2. The number of aromatic nitrogens is 2. The zero-order valence-electron chi connectivity index (χ0n) is 21.6. The van der Waals surface area contributed by atoms with Crippen LogP contribution in [0, 0.1) is 5.82 Å². The van der Waals surface area contributed by atoms with Gasteiger partial charge >= 0.3 is 0 Å². The van der Waals surface area contributed by atoms with Crippen molar-refractivity contribution in [1.29, 1.82) is 0 Å². The van der Waals surface area contributed by atoms with E-state index in [9.17, 15) is 17.6 Å². The molecule has 11 heteroatoms. The fourth-order valence-electron chi connectivity index (χ4n) is 4.83. The van der Waals surface area contributed by atoms with Crippen LogP contribution in [0.5, 0.6) is 5.75 Å². The number of rotatable bonds is 7. The maximum atomic E-state index is 14.0. The number of hydrogen-bond donors (Lipinski definition) is 0. The van der Waals surface area contributed by atoms with Crippen molar-refractivity contribution in [2.75, 3.05) is 11.5 Å². The van der Waals surface area contributed by atoms with E-state index < -0.39 is 15.9 Å². The molecule has 4 aromatic rings. The summed E-state index contributed by atoms with van der Waals surface area (Å²) in [4.78, 5) is 15.2. The molecule has 1 atom stereocenters. The SMILES string of the molecule is O=C1C(=Cc2cn(-c3ccccc3)nc2-c2ccc(OCc3ccccc3F)cc2)SC(=S)N1C1CCS(=O)(=O)C1. The van der Waals surface area contributed by atoms with Crippen LogP contribution in [-0.4, -0.2) is 50.9 Å². The topological polar surface area (TPSA) is 81.5 Å². The monoisotopic (exact) mass is 605 g/mol. The van der Waals surface area contributed by atoms with E-state index in [1.807, 2.05) is 48.7 Å². The lowest BCUT2D eigenvalue weighted by Gasteiger charge is -2.20. The number of hydrogen-bond acceptors (Lipinski definition) is 7. The average molecular weight is 606 g/mol. The Morgan fingerprint density at radius 2 is 1.78 bits per heavy atom. The molecule has 1 unspecified atom stereocenters. The summed E-state index contributed by atoms with van der Waals surface area (Å²) in [5, 5.41) is 4.82. The largest absolute Gasteiger partial charge is 0.489 e. The second-order valence-electron chi connectivity index (χ2n) is 9.73. The number of nitrogens with zero attached hydrogens (tertiary/aromatic N) is 3. The van der Waals surface area contributed by atoms with Gasteiger partial charge in [-0.05, 0) is 55.0 Å². The summed E-state index contributed by atoms with van der Waals surface area (Å²) >= 11 is 6.65. The maximum Gasteiger partial charge on any atom is 0.266 e. The van der Waals surface area contributed by atoms with Crippen molar-refractivity contribution < 1.29 is 22.3 Å². The second kappa shape index (κ2) is 11.2. The first-order valence-corrected chi connectivity index (χ1v) is 15.9. The fraction of sp³-hybridized carbons (Fsp3) is 0.167. The second-order valence-corrected chi connectivity index (χ2v) is 13.6. The van der Waals surface area contributed by atoms with Crippen molar-refractivity contribution in [2.45, 2.75) is 19.1 Å². The Bertz CT molecular complexity index is 1770. The Morgan fingerprint density at radius 3 is 2.49 bits per heavy atom. The molecule has 2 saturated heterocycles. The van der Waals surface area contributed by atoms with Gasteiger partial charge in [-0.15, -0.1) is 0 Å². The van der Waals surface area contributed by atoms with Gasteiger partial charge in [0.1, 0.15) is 22.5 Å². The Balaban J connectivity index is 1.30. The van der Waals surface area contributed by atoms with E-state index in [0.717, 1.165) is 11.3 Å². The Labute approximate surface area is 246 Å². The van der Waals surface area contributed by atoms with E-state index in [2.05, 4.69) is 0 Å². The van der Waals surface area contributed by atoms with Crippen LogP contribution in [0.1, 0.15) is 17.5 Å². The van der Waals surface area contributed by atoms with Gasteiger partial charge in [0, 0.05) is 22.9 Å². The zero-order valence-corrected chi connectivity index (χ0v) is 24.1. The van der Waals surface area contributed by atoms with Gasteiger partial charge in [0.05, 0.1) is 33.8 Å². The van der Waals surface area contributed by atoms with E-state index in [0.29, 0.717) is 38.2 Å². The third kappa shape index (κ3) is 5.83. The lowest BCUT2D eigenvalue weighted by Crippen LogP contribution is -2.39. The Hall–Kier alpha value is -3.80. The molecule has 0 bridgehead atoms. The van der Waals surface area contributed by atoms with Gasteiger partial charge in [0.25, 0.3) is 5.91 Å².